The van der Waals surface area contributed by atoms with Crippen LogP contribution in [0.5, 0.6) is 0 Å². The lowest BCUT2D eigenvalue weighted by Gasteiger charge is -2.15. The molecule has 1 saturated heterocycles. The van der Waals surface area contributed by atoms with Crippen molar-refractivity contribution in [1.29, 1.82) is 0 Å². The summed E-state index contributed by atoms with van der Waals surface area (Å²) < 4.78 is 0. The van der Waals surface area contributed by atoms with E-state index in [-0.39, 0.29) is 5.91 Å². The molecule has 3 N–H and O–H groups in total. The van der Waals surface area contributed by atoms with Gasteiger partial charge in [-0.1, -0.05) is 12.2 Å². The Morgan fingerprint density at radius 1 is 1.60 bits per heavy atom. The zero-order valence-electron chi connectivity index (χ0n) is 8.62. The summed E-state index contributed by atoms with van der Waals surface area (Å²) in [6.45, 7) is 0.772. The molecule has 0 aromatic carbocycles. The van der Waals surface area contributed by atoms with Crippen molar-refractivity contribution in [2.24, 2.45) is 11.1 Å². The number of nitrogens with two attached hydrogens (primary N) is 1. The highest BCUT2D eigenvalue weighted by molar-refractivity contribution is 8.00. The van der Waals surface area contributed by atoms with E-state index in [0.29, 0.717) is 10.2 Å². The third-order valence-corrected chi connectivity index (χ3v) is 4.96. The van der Waals surface area contributed by atoms with E-state index in [1.807, 2.05) is 11.8 Å². The molecule has 5 heteroatoms. The van der Waals surface area contributed by atoms with Gasteiger partial charge in [-0.15, -0.1) is 0 Å². The molecule has 1 saturated carbocycles. The third kappa shape index (κ3) is 2.28. The Morgan fingerprint density at radius 2 is 2.33 bits per heavy atom. The lowest BCUT2D eigenvalue weighted by Crippen LogP contribution is -2.41. The minimum atomic E-state index is -0.487. The van der Waals surface area contributed by atoms with Gasteiger partial charge in [0.15, 0.2) is 0 Å². The zero-order valence-corrected chi connectivity index (χ0v) is 10.3. The standard InChI is InChI=1S/C10H16N2OS2/c11-8(14)10(3-4-10)9(13)12-6-7-2-1-5-15-7/h7H,1-6H2,(H2,11,14)(H,12,13). The number of hydrogen-bond acceptors (Lipinski definition) is 3. The zero-order chi connectivity index (χ0) is 10.9. The number of amides is 1. The molecule has 1 aliphatic heterocycles. The second-order valence-electron chi connectivity index (χ2n) is 4.29. The average Bonchev–Trinajstić information content (AvgIpc) is 2.87. The maximum atomic E-state index is 11.8. The highest BCUT2D eigenvalue weighted by atomic mass is 32.2. The fourth-order valence-electron chi connectivity index (χ4n) is 1.89. The monoisotopic (exact) mass is 244 g/mol. The Hall–Kier alpha value is -0.290. The van der Waals surface area contributed by atoms with Crippen LogP contribution in [0.4, 0.5) is 0 Å². The van der Waals surface area contributed by atoms with Crippen LogP contribution in [0, 0.1) is 5.41 Å². The van der Waals surface area contributed by atoms with Crippen LogP contribution in [0.15, 0.2) is 0 Å². The van der Waals surface area contributed by atoms with Crippen molar-refractivity contribution in [3.8, 4) is 0 Å². The molecule has 1 amide bonds. The van der Waals surface area contributed by atoms with Gasteiger partial charge in [-0.05, 0) is 31.4 Å². The molecule has 1 heterocycles. The summed E-state index contributed by atoms with van der Waals surface area (Å²) in [5.41, 5.74) is 5.10. The molecule has 3 nitrogen and oxygen atoms in total. The minimum Gasteiger partial charge on any atom is -0.392 e. The molecule has 2 rings (SSSR count). The van der Waals surface area contributed by atoms with E-state index >= 15 is 0 Å². The number of thiocarbonyl (C=S) groups is 1. The molecular formula is C10H16N2OS2. The topological polar surface area (TPSA) is 55.1 Å². The van der Waals surface area contributed by atoms with Gasteiger partial charge in [0.25, 0.3) is 0 Å². The number of thioether (sulfide) groups is 1. The molecule has 1 aliphatic carbocycles. The second kappa shape index (κ2) is 4.29. The van der Waals surface area contributed by atoms with Crippen molar-refractivity contribution >= 4 is 34.9 Å². The molecule has 0 radical (unpaired) electrons. The Kier molecular flexibility index (Phi) is 3.21. The van der Waals surface area contributed by atoms with Gasteiger partial charge in [0.1, 0.15) is 0 Å². The quantitative estimate of drug-likeness (QED) is 0.726. The lowest BCUT2D eigenvalue weighted by atomic mass is 10.1. The summed E-state index contributed by atoms with van der Waals surface area (Å²) in [5.74, 6) is 1.27. The fourth-order valence-corrected chi connectivity index (χ4v) is 3.39. The Balaban J connectivity index is 1.79. The first-order valence-corrected chi connectivity index (χ1v) is 6.81. The Labute approximate surface area is 99.5 Å². The predicted octanol–water partition coefficient (Wildman–Crippen LogP) is 1.06. The molecule has 0 bridgehead atoms. The molecule has 1 unspecified atom stereocenters. The molecule has 0 aromatic rings. The second-order valence-corrected chi connectivity index (χ2v) is 6.14. The molecule has 84 valence electrons. The lowest BCUT2D eigenvalue weighted by molar-refractivity contribution is -0.123. The van der Waals surface area contributed by atoms with Crippen LogP contribution in [-0.4, -0.2) is 28.4 Å². The van der Waals surface area contributed by atoms with Gasteiger partial charge in [-0.2, -0.15) is 11.8 Å². The molecular weight excluding hydrogens is 228 g/mol. The van der Waals surface area contributed by atoms with Crippen LogP contribution >= 0.6 is 24.0 Å². The number of nitrogens with one attached hydrogen (secondary N) is 1. The van der Waals surface area contributed by atoms with E-state index in [0.717, 1.165) is 19.4 Å². The van der Waals surface area contributed by atoms with Crippen LogP contribution in [0.25, 0.3) is 0 Å². The van der Waals surface area contributed by atoms with Gasteiger partial charge in [-0.3, -0.25) is 4.79 Å². The van der Waals surface area contributed by atoms with Crippen LogP contribution in [0.1, 0.15) is 25.7 Å². The number of carbonyl (C=O) groups is 1. The van der Waals surface area contributed by atoms with Gasteiger partial charge in [0, 0.05) is 11.8 Å². The summed E-state index contributed by atoms with van der Waals surface area (Å²) in [6, 6.07) is 0. The molecule has 2 fully saturated rings. The van der Waals surface area contributed by atoms with Crippen molar-refractivity contribution in [3.05, 3.63) is 0 Å². The third-order valence-electron chi connectivity index (χ3n) is 3.17. The number of carbonyl (C=O) groups excluding carboxylic acids is 1. The van der Waals surface area contributed by atoms with Crippen molar-refractivity contribution in [1.82, 2.24) is 5.32 Å². The first-order chi connectivity index (χ1) is 7.15. The normalized spacial score (nSPS) is 27.3. The van der Waals surface area contributed by atoms with Crippen LogP contribution in [0.2, 0.25) is 0 Å². The van der Waals surface area contributed by atoms with Crippen molar-refractivity contribution in [2.45, 2.75) is 30.9 Å². The largest absolute Gasteiger partial charge is 0.392 e. The minimum absolute atomic E-state index is 0.0440. The average molecular weight is 244 g/mol. The molecule has 2 aliphatic rings. The van der Waals surface area contributed by atoms with Crippen molar-refractivity contribution in [3.63, 3.8) is 0 Å². The summed E-state index contributed by atoms with van der Waals surface area (Å²) in [7, 11) is 0. The maximum Gasteiger partial charge on any atom is 0.233 e. The number of hydrogen-bond donors (Lipinski definition) is 2. The van der Waals surface area contributed by atoms with Gasteiger partial charge < -0.3 is 11.1 Å². The van der Waals surface area contributed by atoms with Crippen LogP contribution in [-0.2, 0) is 4.79 Å². The summed E-state index contributed by atoms with van der Waals surface area (Å²) in [5, 5.41) is 3.58. The maximum absolute atomic E-state index is 11.8. The smallest absolute Gasteiger partial charge is 0.233 e. The van der Waals surface area contributed by atoms with Crippen LogP contribution in [0.3, 0.4) is 0 Å². The Morgan fingerprint density at radius 3 is 2.80 bits per heavy atom. The number of rotatable bonds is 4. The highest BCUT2D eigenvalue weighted by Crippen LogP contribution is 2.46. The van der Waals surface area contributed by atoms with E-state index in [9.17, 15) is 4.79 Å². The Bertz CT molecular complexity index is 283. The SMILES string of the molecule is NC(=S)C1(C(=O)NCC2CCCS2)CC1. The van der Waals surface area contributed by atoms with Gasteiger partial charge in [0.2, 0.25) is 5.91 Å². The van der Waals surface area contributed by atoms with Crippen molar-refractivity contribution in [2.75, 3.05) is 12.3 Å². The van der Waals surface area contributed by atoms with Gasteiger partial charge >= 0.3 is 0 Å². The molecule has 15 heavy (non-hydrogen) atoms. The van der Waals surface area contributed by atoms with E-state index in [1.54, 1.807) is 0 Å². The molecule has 0 aromatic heterocycles. The van der Waals surface area contributed by atoms with E-state index < -0.39 is 5.41 Å². The first kappa shape index (κ1) is 11.2. The predicted molar refractivity (Wildman–Crippen MR) is 66.9 cm³/mol. The van der Waals surface area contributed by atoms with Crippen LogP contribution < -0.4 is 11.1 Å². The summed E-state index contributed by atoms with van der Waals surface area (Å²) in [6.07, 6.45) is 4.13. The molecule has 0 spiro atoms. The van der Waals surface area contributed by atoms with Crippen molar-refractivity contribution < 1.29 is 4.79 Å². The van der Waals surface area contributed by atoms with E-state index in [2.05, 4.69) is 5.32 Å². The fraction of sp³-hybridized carbons (Fsp3) is 0.800. The first-order valence-electron chi connectivity index (χ1n) is 5.35. The van der Waals surface area contributed by atoms with Gasteiger partial charge in [-0.25, -0.2) is 0 Å². The summed E-state index contributed by atoms with van der Waals surface area (Å²) >= 11 is 6.88. The van der Waals surface area contributed by atoms with E-state index in [1.165, 1.54) is 18.6 Å². The van der Waals surface area contributed by atoms with Gasteiger partial charge in [0.05, 0.1) is 10.4 Å². The summed E-state index contributed by atoms with van der Waals surface area (Å²) in [4.78, 5) is 12.2. The molecule has 1 atom stereocenters. The van der Waals surface area contributed by atoms with E-state index in [4.69, 9.17) is 18.0 Å². The highest BCUT2D eigenvalue weighted by Gasteiger charge is 2.52.